The molecule has 0 amide bonds. The summed E-state index contributed by atoms with van der Waals surface area (Å²) in [6, 6.07) is 4.15. The van der Waals surface area contributed by atoms with Gasteiger partial charge in [-0.1, -0.05) is 27.2 Å². The van der Waals surface area contributed by atoms with Crippen molar-refractivity contribution in [2.75, 3.05) is 14.2 Å². The van der Waals surface area contributed by atoms with Crippen LogP contribution in [0.1, 0.15) is 57.6 Å². The monoisotopic (exact) mass is 288 g/mol. The Labute approximate surface area is 128 Å². The van der Waals surface area contributed by atoms with E-state index in [1.807, 2.05) is 0 Å². The topological polar surface area (TPSA) is 18.5 Å². The van der Waals surface area contributed by atoms with Crippen LogP contribution in [0.15, 0.2) is 12.1 Å². The fraction of sp³-hybridized carbons (Fsp3) is 0.684. The molecule has 2 atom stereocenters. The molecule has 0 heterocycles. The first-order chi connectivity index (χ1) is 9.94. The van der Waals surface area contributed by atoms with Gasteiger partial charge < -0.3 is 9.47 Å². The molecular formula is C19H28O2. The normalized spacial score (nSPS) is 30.2. The fourth-order valence-corrected chi connectivity index (χ4v) is 5.26. The molecule has 3 rings (SSSR count). The third-order valence-electron chi connectivity index (χ3n) is 6.16. The first-order valence-corrected chi connectivity index (χ1v) is 8.18. The lowest BCUT2D eigenvalue weighted by Gasteiger charge is -2.54. The maximum atomic E-state index is 5.74. The molecule has 2 aliphatic rings. The van der Waals surface area contributed by atoms with E-state index in [0.29, 0.717) is 5.41 Å². The molecule has 0 spiro atoms. The Morgan fingerprint density at radius 3 is 2.33 bits per heavy atom. The summed E-state index contributed by atoms with van der Waals surface area (Å²) in [6.07, 6.45) is 6.28. The van der Waals surface area contributed by atoms with Gasteiger partial charge in [-0.25, -0.2) is 0 Å². The summed E-state index contributed by atoms with van der Waals surface area (Å²) in [6.45, 7) is 7.36. The van der Waals surface area contributed by atoms with E-state index in [1.54, 1.807) is 14.2 Å². The number of ether oxygens (including phenoxy) is 2. The van der Waals surface area contributed by atoms with Gasteiger partial charge in [-0.3, -0.25) is 0 Å². The van der Waals surface area contributed by atoms with Crippen molar-refractivity contribution in [3.63, 3.8) is 0 Å². The van der Waals surface area contributed by atoms with Crippen LogP contribution in [0.4, 0.5) is 0 Å². The quantitative estimate of drug-likeness (QED) is 0.783. The fourth-order valence-electron chi connectivity index (χ4n) is 5.26. The van der Waals surface area contributed by atoms with Crippen molar-refractivity contribution in [1.29, 1.82) is 0 Å². The van der Waals surface area contributed by atoms with Gasteiger partial charge in [0.05, 0.1) is 14.2 Å². The molecule has 0 N–H and O–H groups in total. The van der Waals surface area contributed by atoms with Crippen molar-refractivity contribution in [3.8, 4) is 11.5 Å². The van der Waals surface area contributed by atoms with Crippen LogP contribution in [0.25, 0.3) is 0 Å². The third-order valence-corrected chi connectivity index (χ3v) is 6.16. The average molecular weight is 288 g/mol. The van der Waals surface area contributed by atoms with Gasteiger partial charge in [0.15, 0.2) is 0 Å². The van der Waals surface area contributed by atoms with Crippen LogP contribution < -0.4 is 9.47 Å². The zero-order valence-electron chi connectivity index (χ0n) is 14.1. The maximum Gasteiger partial charge on any atom is 0.123 e. The first-order valence-electron chi connectivity index (χ1n) is 8.18. The number of methoxy groups -OCH3 is 2. The standard InChI is InChI=1S/C19H28O2/c1-18(2)11-6-12-19(3)16(18)10-7-13-14(20-4)8-9-15(21-5)17(13)19/h8-9,16H,6-7,10-12H2,1-5H3/t16-,19+/m1/s1. The highest BCUT2D eigenvalue weighted by molar-refractivity contribution is 5.54. The second-order valence-corrected chi connectivity index (χ2v) is 7.67. The van der Waals surface area contributed by atoms with Crippen LogP contribution in [0.5, 0.6) is 11.5 Å². The highest BCUT2D eigenvalue weighted by atomic mass is 16.5. The zero-order chi connectivity index (χ0) is 15.3. The van der Waals surface area contributed by atoms with E-state index in [0.717, 1.165) is 23.8 Å². The summed E-state index contributed by atoms with van der Waals surface area (Å²) in [5.74, 6) is 2.82. The summed E-state index contributed by atoms with van der Waals surface area (Å²) in [5.41, 5.74) is 3.44. The van der Waals surface area contributed by atoms with Crippen LogP contribution in [0, 0.1) is 11.3 Å². The van der Waals surface area contributed by atoms with Crippen LogP contribution >= 0.6 is 0 Å². The number of hydrogen-bond acceptors (Lipinski definition) is 2. The SMILES string of the molecule is COc1ccc(OC)c2c1CC[C@@H]1C(C)(C)CCC[C@]21C. The Morgan fingerprint density at radius 1 is 1.00 bits per heavy atom. The first kappa shape index (κ1) is 14.7. The molecule has 1 saturated carbocycles. The molecule has 2 heteroatoms. The minimum absolute atomic E-state index is 0.217. The molecular weight excluding hydrogens is 260 g/mol. The van der Waals surface area contributed by atoms with Gasteiger partial charge in [0.1, 0.15) is 11.5 Å². The highest BCUT2D eigenvalue weighted by Crippen LogP contribution is 2.59. The van der Waals surface area contributed by atoms with Crippen LogP contribution in [-0.4, -0.2) is 14.2 Å². The van der Waals surface area contributed by atoms with Crippen LogP contribution in [-0.2, 0) is 11.8 Å². The summed E-state index contributed by atoms with van der Waals surface area (Å²) >= 11 is 0. The Bertz CT molecular complexity index is 547. The molecule has 0 unspecified atom stereocenters. The molecule has 116 valence electrons. The molecule has 2 aliphatic carbocycles. The smallest absolute Gasteiger partial charge is 0.123 e. The lowest BCUT2D eigenvalue weighted by atomic mass is 9.50. The van der Waals surface area contributed by atoms with Gasteiger partial charge in [-0.15, -0.1) is 0 Å². The lowest BCUT2D eigenvalue weighted by molar-refractivity contribution is 0.0387. The predicted octanol–water partition coefficient (Wildman–Crippen LogP) is 4.73. The molecule has 0 aromatic heterocycles. The van der Waals surface area contributed by atoms with Crippen LogP contribution in [0.3, 0.4) is 0 Å². The molecule has 0 bridgehead atoms. The third kappa shape index (κ3) is 2.06. The summed E-state index contributed by atoms with van der Waals surface area (Å²) in [7, 11) is 3.57. The molecule has 1 fully saturated rings. The molecule has 0 saturated heterocycles. The van der Waals surface area contributed by atoms with Gasteiger partial charge in [-0.05, 0) is 54.6 Å². The van der Waals surface area contributed by atoms with E-state index >= 15 is 0 Å². The number of rotatable bonds is 2. The Balaban J connectivity index is 2.21. The van der Waals surface area contributed by atoms with Crippen molar-refractivity contribution in [1.82, 2.24) is 0 Å². The highest BCUT2D eigenvalue weighted by Gasteiger charge is 2.51. The summed E-state index contributed by atoms with van der Waals surface area (Å²) in [5, 5.41) is 0. The lowest BCUT2D eigenvalue weighted by Crippen LogP contribution is -2.48. The Hall–Kier alpha value is -1.18. The Kier molecular flexibility index (Phi) is 3.46. The molecule has 21 heavy (non-hydrogen) atoms. The van der Waals surface area contributed by atoms with Gasteiger partial charge in [0.25, 0.3) is 0 Å². The van der Waals surface area contributed by atoms with Crippen LogP contribution in [0.2, 0.25) is 0 Å². The summed E-state index contributed by atoms with van der Waals surface area (Å²) < 4.78 is 11.4. The van der Waals surface area contributed by atoms with E-state index < -0.39 is 0 Å². The molecule has 0 aliphatic heterocycles. The molecule has 1 aromatic carbocycles. The van der Waals surface area contributed by atoms with Crippen molar-refractivity contribution in [3.05, 3.63) is 23.3 Å². The van der Waals surface area contributed by atoms with Gasteiger partial charge >= 0.3 is 0 Å². The van der Waals surface area contributed by atoms with Crippen molar-refractivity contribution < 1.29 is 9.47 Å². The molecule has 1 aromatic rings. The van der Waals surface area contributed by atoms with E-state index in [4.69, 9.17) is 9.47 Å². The van der Waals surface area contributed by atoms with E-state index in [-0.39, 0.29) is 5.41 Å². The Morgan fingerprint density at radius 2 is 1.67 bits per heavy atom. The second-order valence-electron chi connectivity index (χ2n) is 7.67. The van der Waals surface area contributed by atoms with Crippen molar-refractivity contribution in [2.45, 2.75) is 58.3 Å². The summed E-state index contributed by atoms with van der Waals surface area (Å²) in [4.78, 5) is 0. The molecule has 0 radical (unpaired) electrons. The molecule has 2 nitrogen and oxygen atoms in total. The van der Waals surface area contributed by atoms with E-state index in [9.17, 15) is 0 Å². The van der Waals surface area contributed by atoms with E-state index in [2.05, 4.69) is 32.9 Å². The minimum atomic E-state index is 0.217. The zero-order valence-corrected chi connectivity index (χ0v) is 14.1. The number of fused-ring (bicyclic) bond motifs is 3. The largest absolute Gasteiger partial charge is 0.496 e. The van der Waals surface area contributed by atoms with Gasteiger partial charge in [0.2, 0.25) is 0 Å². The average Bonchev–Trinajstić information content (AvgIpc) is 2.45. The van der Waals surface area contributed by atoms with E-state index in [1.165, 1.54) is 36.8 Å². The number of hydrogen-bond donors (Lipinski definition) is 0. The van der Waals surface area contributed by atoms with Gasteiger partial charge in [0, 0.05) is 11.1 Å². The predicted molar refractivity (Wildman–Crippen MR) is 86.3 cm³/mol. The van der Waals surface area contributed by atoms with Crippen molar-refractivity contribution in [2.24, 2.45) is 11.3 Å². The van der Waals surface area contributed by atoms with Gasteiger partial charge in [-0.2, -0.15) is 0 Å². The number of benzene rings is 1. The van der Waals surface area contributed by atoms with Crippen molar-refractivity contribution >= 4 is 0 Å². The minimum Gasteiger partial charge on any atom is -0.496 e. The second kappa shape index (κ2) is 4.93. The maximum absolute atomic E-state index is 5.74.